The monoisotopic (exact) mass is 199 g/mol. The molecule has 0 spiro atoms. The van der Waals surface area contributed by atoms with Crippen LogP contribution in [-0.4, -0.2) is 23.8 Å². The summed E-state index contributed by atoms with van der Waals surface area (Å²) in [5.41, 5.74) is 0. The van der Waals surface area contributed by atoms with E-state index in [1.807, 2.05) is 6.92 Å². The zero-order chi connectivity index (χ0) is 10.2. The van der Waals surface area contributed by atoms with Crippen molar-refractivity contribution in [1.82, 2.24) is 5.32 Å². The largest absolute Gasteiger partial charge is 0.393 e. The van der Waals surface area contributed by atoms with Gasteiger partial charge >= 0.3 is 0 Å². The SMILES string of the molecule is CC(O)CCNC1CCCCCCC1. The molecule has 1 atom stereocenters. The Morgan fingerprint density at radius 2 is 1.71 bits per heavy atom. The number of nitrogens with one attached hydrogen (secondary N) is 1. The van der Waals surface area contributed by atoms with Gasteiger partial charge in [-0.3, -0.25) is 0 Å². The molecule has 0 amide bonds. The molecule has 2 N–H and O–H groups in total. The molecular formula is C12H25NO. The van der Waals surface area contributed by atoms with Gasteiger partial charge in [0.25, 0.3) is 0 Å². The van der Waals surface area contributed by atoms with Crippen molar-refractivity contribution in [3.05, 3.63) is 0 Å². The first-order valence-electron chi connectivity index (χ1n) is 6.20. The molecule has 1 unspecified atom stereocenters. The maximum atomic E-state index is 9.14. The van der Waals surface area contributed by atoms with Gasteiger partial charge in [0.15, 0.2) is 0 Å². The Labute approximate surface area is 88.1 Å². The van der Waals surface area contributed by atoms with Gasteiger partial charge in [-0.25, -0.2) is 0 Å². The highest BCUT2D eigenvalue weighted by atomic mass is 16.3. The molecule has 0 heterocycles. The fourth-order valence-electron chi connectivity index (χ4n) is 2.16. The minimum atomic E-state index is -0.156. The molecule has 0 bridgehead atoms. The summed E-state index contributed by atoms with van der Waals surface area (Å²) < 4.78 is 0. The highest BCUT2D eigenvalue weighted by molar-refractivity contribution is 4.70. The summed E-state index contributed by atoms with van der Waals surface area (Å²) in [5, 5.41) is 12.7. The second-order valence-electron chi connectivity index (χ2n) is 4.63. The lowest BCUT2D eigenvalue weighted by Gasteiger charge is -2.21. The van der Waals surface area contributed by atoms with Crippen LogP contribution in [0, 0.1) is 0 Å². The molecule has 1 aliphatic rings. The minimum Gasteiger partial charge on any atom is -0.393 e. The van der Waals surface area contributed by atoms with Gasteiger partial charge in [0.2, 0.25) is 0 Å². The standard InChI is InChI=1S/C12H25NO/c1-11(14)9-10-13-12-7-5-3-2-4-6-8-12/h11-14H,2-10H2,1H3. The predicted molar refractivity (Wildman–Crippen MR) is 60.4 cm³/mol. The van der Waals surface area contributed by atoms with Gasteiger partial charge in [0, 0.05) is 6.04 Å². The third kappa shape index (κ3) is 5.61. The Kier molecular flexibility index (Phi) is 6.20. The van der Waals surface area contributed by atoms with Crippen LogP contribution in [0.2, 0.25) is 0 Å². The summed E-state index contributed by atoms with van der Waals surface area (Å²) in [6.07, 6.45) is 10.4. The highest BCUT2D eigenvalue weighted by Gasteiger charge is 2.10. The van der Waals surface area contributed by atoms with Crippen molar-refractivity contribution in [2.24, 2.45) is 0 Å². The molecule has 1 fully saturated rings. The Bertz CT molecular complexity index is 128. The van der Waals surface area contributed by atoms with E-state index in [1.165, 1.54) is 44.9 Å². The van der Waals surface area contributed by atoms with Crippen LogP contribution in [-0.2, 0) is 0 Å². The van der Waals surface area contributed by atoms with Crippen LogP contribution in [0.4, 0.5) is 0 Å². The molecule has 0 aliphatic heterocycles. The number of hydrogen-bond acceptors (Lipinski definition) is 2. The summed E-state index contributed by atoms with van der Waals surface area (Å²) in [6.45, 7) is 2.84. The predicted octanol–water partition coefficient (Wildman–Crippen LogP) is 2.46. The van der Waals surface area contributed by atoms with Crippen molar-refractivity contribution in [2.45, 2.75) is 70.4 Å². The Hall–Kier alpha value is -0.0800. The Morgan fingerprint density at radius 3 is 2.29 bits per heavy atom. The van der Waals surface area contributed by atoms with E-state index in [2.05, 4.69) is 5.32 Å². The molecule has 0 aromatic heterocycles. The number of aliphatic hydroxyl groups excluding tert-OH is 1. The van der Waals surface area contributed by atoms with Crippen LogP contribution < -0.4 is 5.32 Å². The van der Waals surface area contributed by atoms with Crippen LogP contribution in [0.15, 0.2) is 0 Å². The first-order chi connectivity index (χ1) is 6.79. The molecule has 0 radical (unpaired) electrons. The quantitative estimate of drug-likeness (QED) is 0.729. The van der Waals surface area contributed by atoms with E-state index in [1.54, 1.807) is 0 Å². The molecule has 0 aromatic carbocycles. The average Bonchev–Trinajstić information content (AvgIpc) is 2.07. The summed E-state index contributed by atoms with van der Waals surface area (Å²) in [4.78, 5) is 0. The molecule has 0 saturated heterocycles. The van der Waals surface area contributed by atoms with E-state index in [0.717, 1.165) is 13.0 Å². The number of aliphatic hydroxyl groups is 1. The van der Waals surface area contributed by atoms with E-state index in [4.69, 9.17) is 5.11 Å². The summed E-state index contributed by atoms with van der Waals surface area (Å²) in [5.74, 6) is 0. The van der Waals surface area contributed by atoms with Gasteiger partial charge in [-0.15, -0.1) is 0 Å². The molecular weight excluding hydrogens is 174 g/mol. The van der Waals surface area contributed by atoms with Crippen LogP contribution in [0.5, 0.6) is 0 Å². The van der Waals surface area contributed by atoms with Crippen molar-refractivity contribution in [1.29, 1.82) is 0 Å². The number of rotatable bonds is 4. The minimum absolute atomic E-state index is 0.156. The van der Waals surface area contributed by atoms with E-state index in [0.29, 0.717) is 6.04 Å². The molecule has 2 heteroatoms. The number of hydrogen-bond donors (Lipinski definition) is 2. The van der Waals surface area contributed by atoms with E-state index >= 15 is 0 Å². The molecule has 84 valence electrons. The van der Waals surface area contributed by atoms with Gasteiger partial charge in [-0.05, 0) is 32.7 Å². The smallest absolute Gasteiger partial charge is 0.0524 e. The Balaban J connectivity index is 2.08. The fourth-order valence-corrected chi connectivity index (χ4v) is 2.16. The van der Waals surface area contributed by atoms with Gasteiger partial charge in [0.1, 0.15) is 0 Å². The molecule has 1 rings (SSSR count). The lowest BCUT2D eigenvalue weighted by Crippen LogP contribution is -2.31. The van der Waals surface area contributed by atoms with E-state index in [-0.39, 0.29) is 6.10 Å². The lowest BCUT2D eigenvalue weighted by atomic mass is 9.96. The van der Waals surface area contributed by atoms with Gasteiger partial charge in [-0.2, -0.15) is 0 Å². The first-order valence-corrected chi connectivity index (χ1v) is 6.20. The first kappa shape index (κ1) is 12.0. The van der Waals surface area contributed by atoms with Crippen LogP contribution in [0.3, 0.4) is 0 Å². The highest BCUT2D eigenvalue weighted by Crippen LogP contribution is 2.16. The maximum Gasteiger partial charge on any atom is 0.0524 e. The van der Waals surface area contributed by atoms with Crippen molar-refractivity contribution in [2.75, 3.05) is 6.54 Å². The summed E-state index contributed by atoms with van der Waals surface area (Å²) in [7, 11) is 0. The van der Waals surface area contributed by atoms with Crippen LogP contribution >= 0.6 is 0 Å². The molecule has 2 nitrogen and oxygen atoms in total. The van der Waals surface area contributed by atoms with Gasteiger partial charge < -0.3 is 10.4 Å². The van der Waals surface area contributed by atoms with Crippen molar-refractivity contribution >= 4 is 0 Å². The van der Waals surface area contributed by atoms with Crippen molar-refractivity contribution in [3.8, 4) is 0 Å². The van der Waals surface area contributed by atoms with Crippen molar-refractivity contribution in [3.63, 3.8) is 0 Å². The summed E-state index contributed by atoms with van der Waals surface area (Å²) >= 11 is 0. The normalized spacial score (nSPS) is 22.7. The third-order valence-corrected chi connectivity index (χ3v) is 3.10. The fraction of sp³-hybridized carbons (Fsp3) is 1.00. The topological polar surface area (TPSA) is 32.3 Å². The average molecular weight is 199 g/mol. The third-order valence-electron chi connectivity index (χ3n) is 3.10. The van der Waals surface area contributed by atoms with Gasteiger partial charge in [0.05, 0.1) is 6.10 Å². The zero-order valence-corrected chi connectivity index (χ0v) is 9.47. The van der Waals surface area contributed by atoms with Crippen LogP contribution in [0.1, 0.15) is 58.3 Å². The lowest BCUT2D eigenvalue weighted by molar-refractivity contribution is 0.181. The molecule has 0 aromatic rings. The van der Waals surface area contributed by atoms with E-state index < -0.39 is 0 Å². The summed E-state index contributed by atoms with van der Waals surface area (Å²) in [6, 6.07) is 0.717. The van der Waals surface area contributed by atoms with Crippen molar-refractivity contribution < 1.29 is 5.11 Å². The second-order valence-corrected chi connectivity index (χ2v) is 4.63. The zero-order valence-electron chi connectivity index (χ0n) is 9.47. The van der Waals surface area contributed by atoms with E-state index in [9.17, 15) is 0 Å². The molecule has 14 heavy (non-hydrogen) atoms. The second kappa shape index (κ2) is 7.24. The molecule has 1 aliphatic carbocycles. The maximum absolute atomic E-state index is 9.14. The van der Waals surface area contributed by atoms with Crippen LogP contribution in [0.25, 0.3) is 0 Å². The Morgan fingerprint density at radius 1 is 1.14 bits per heavy atom. The molecule has 1 saturated carbocycles. The van der Waals surface area contributed by atoms with Gasteiger partial charge in [-0.1, -0.05) is 32.1 Å².